The minimum atomic E-state index is -1.26. The number of benzene rings is 2. The molecule has 0 amide bonds. The Balaban J connectivity index is 0.000000440. The highest BCUT2D eigenvalue weighted by atomic mass is 16.5. The van der Waals surface area contributed by atoms with Crippen molar-refractivity contribution in [2.45, 2.75) is 26.2 Å². The number of hydrogen-bond acceptors (Lipinski definition) is 5. The van der Waals surface area contributed by atoms with Crippen molar-refractivity contribution in [3.8, 4) is 0 Å². The number of ether oxygens (including phenoxy) is 1. The molecule has 0 aliphatic rings. The third kappa shape index (κ3) is 9.60. The predicted octanol–water partition coefficient (Wildman–Crippen LogP) is 4.83. The number of carboxylic acid groups (broad SMARTS) is 2. The summed E-state index contributed by atoms with van der Waals surface area (Å²) in [6.45, 7) is 8.99. The summed E-state index contributed by atoms with van der Waals surface area (Å²) in [5.41, 5.74) is 1.31. The molecule has 0 saturated carbocycles. The second-order valence-corrected chi connectivity index (χ2v) is 7.70. The van der Waals surface area contributed by atoms with E-state index in [1.54, 1.807) is 6.26 Å². The molecule has 2 N–H and O–H groups in total. The highest BCUT2D eigenvalue weighted by Gasteiger charge is 2.15. The molecule has 1 atom stereocenters. The first-order valence-electron chi connectivity index (χ1n) is 11.4. The van der Waals surface area contributed by atoms with Gasteiger partial charge in [-0.1, -0.05) is 56.3 Å². The summed E-state index contributed by atoms with van der Waals surface area (Å²) in [5, 5.41) is 18.2. The zero-order valence-electron chi connectivity index (χ0n) is 19.7. The number of aliphatic carboxylic acids is 2. The summed E-state index contributed by atoms with van der Waals surface area (Å²) in [4.78, 5) is 21.5. The monoisotopic (exact) mass is 467 g/mol. The molecule has 3 rings (SSSR count). The summed E-state index contributed by atoms with van der Waals surface area (Å²) < 4.78 is 11.7. The minimum absolute atomic E-state index is 0.294. The maximum Gasteiger partial charge on any atom is 0.328 e. The van der Waals surface area contributed by atoms with Crippen molar-refractivity contribution >= 4 is 22.7 Å². The van der Waals surface area contributed by atoms with Gasteiger partial charge in [0.2, 0.25) is 0 Å². The number of rotatable bonds is 12. The zero-order chi connectivity index (χ0) is 24.8. The van der Waals surface area contributed by atoms with Crippen LogP contribution in [0.1, 0.15) is 31.1 Å². The third-order valence-corrected chi connectivity index (χ3v) is 5.41. The van der Waals surface area contributed by atoms with Gasteiger partial charge in [-0.2, -0.15) is 0 Å². The van der Waals surface area contributed by atoms with Crippen LogP contribution in [0.3, 0.4) is 0 Å². The quantitative estimate of drug-likeness (QED) is 0.291. The second kappa shape index (κ2) is 14.7. The van der Waals surface area contributed by atoms with E-state index in [4.69, 9.17) is 19.4 Å². The molecular weight excluding hydrogens is 434 g/mol. The summed E-state index contributed by atoms with van der Waals surface area (Å²) in [6.07, 6.45) is 3.72. The van der Waals surface area contributed by atoms with Crippen LogP contribution in [0.5, 0.6) is 0 Å². The van der Waals surface area contributed by atoms with Crippen LogP contribution in [0.4, 0.5) is 0 Å². The number of fused-ring (bicyclic) bond motifs is 1. The molecule has 0 radical (unpaired) electrons. The molecule has 1 unspecified atom stereocenters. The number of hydrogen-bond donors (Lipinski definition) is 2. The normalized spacial score (nSPS) is 12.0. The molecule has 0 saturated heterocycles. The van der Waals surface area contributed by atoms with Crippen molar-refractivity contribution in [3.05, 3.63) is 84.3 Å². The number of nitrogens with zero attached hydrogens (tertiary/aromatic N) is 1. The lowest BCUT2D eigenvalue weighted by atomic mass is 9.93. The van der Waals surface area contributed by atoms with Gasteiger partial charge in [0.15, 0.2) is 0 Å². The Morgan fingerprint density at radius 3 is 2.24 bits per heavy atom. The van der Waals surface area contributed by atoms with Gasteiger partial charge in [-0.3, -0.25) is 0 Å². The first-order chi connectivity index (χ1) is 16.4. The zero-order valence-corrected chi connectivity index (χ0v) is 19.7. The predicted molar refractivity (Wildman–Crippen MR) is 132 cm³/mol. The van der Waals surface area contributed by atoms with Crippen LogP contribution >= 0.6 is 0 Å². The van der Waals surface area contributed by atoms with Gasteiger partial charge in [0, 0.05) is 31.0 Å². The van der Waals surface area contributed by atoms with Gasteiger partial charge in [-0.25, -0.2) is 9.59 Å². The van der Waals surface area contributed by atoms with Gasteiger partial charge in [0.25, 0.3) is 0 Å². The lowest BCUT2D eigenvalue weighted by Gasteiger charge is -2.20. The van der Waals surface area contributed by atoms with Crippen molar-refractivity contribution in [1.29, 1.82) is 0 Å². The van der Waals surface area contributed by atoms with Crippen molar-refractivity contribution in [2.24, 2.45) is 0 Å². The molecule has 7 heteroatoms. The molecule has 0 fully saturated rings. The van der Waals surface area contributed by atoms with E-state index in [9.17, 15) is 9.59 Å². The van der Waals surface area contributed by atoms with E-state index in [0.717, 1.165) is 38.4 Å². The number of likely N-dealkylation sites (N-methyl/N-ethyl adjacent to an activating group) is 1. The van der Waals surface area contributed by atoms with Gasteiger partial charge in [-0.05, 0) is 41.6 Å². The first-order valence-corrected chi connectivity index (χ1v) is 11.4. The number of carboxylic acids is 2. The van der Waals surface area contributed by atoms with Crippen LogP contribution in [-0.2, 0) is 20.7 Å². The number of furan rings is 1. The van der Waals surface area contributed by atoms with E-state index in [-0.39, 0.29) is 0 Å². The fourth-order valence-corrected chi connectivity index (χ4v) is 3.51. The molecule has 0 aliphatic heterocycles. The van der Waals surface area contributed by atoms with Gasteiger partial charge in [0.05, 0.1) is 19.5 Å². The van der Waals surface area contributed by atoms with E-state index in [1.165, 1.54) is 16.3 Å². The highest BCUT2D eigenvalue weighted by molar-refractivity contribution is 5.89. The molecule has 182 valence electrons. The van der Waals surface area contributed by atoms with Crippen LogP contribution < -0.4 is 0 Å². The average molecular weight is 468 g/mol. The Morgan fingerprint density at radius 1 is 0.971 bits per heavy atom. The van der Waals surface area contributed by atoms with Crippen molar-refractivity contribution in [3.63, 3.8) is 0 Å². The molecule has 0 spiro atoms. The molecule has 1 aromatic heterocycles. The summed E-state index contributed by atoms with van der Waals surface area (Å²) in [7, 11) is 0. The van der Waals surface area contributed by atoms with Crippen LogP contribution in [0.2, 0.25) is 0 Å². The topological polar surface area (TPSA) is 100 Å². The fraction of sp³-hybridized carbons (Fsp3) is 0.333. The fourth-order valence-electron chi connectivity index (χ4n) is 3.51. The van der Waals surface area contributed by atoms with E-state index < -0.39 is 11.9 Å². The lowest BCUT2D eigenvalue weighted by Crippen LogP contribution is -2.27. The second-order valence-electron chi connectivity index (χ2n) is 7.70. The van der Waals surface area contributed by atoms with E-state index in [2.05, 4.69) is 61.2 Å². The highest BCUT2D eigenvalue weighted by Crippen LogP contribution is 2.25. The Morgan fingerprint density at radius 2 is 1.65 bits per heavy atom. The van der Waals surface area contributed by atoms with E-state index in [1.807, 2.05) is 12.1 Å². The van der Waals surface area contributed by atoms with E-state index in [0.29, 0.717) is 24.7 Å². The largest absolute Gasteiger partial charge is 0.478 e. The molecule has 0 aliphatic carbocycles. The molecule has 7 nitrogen and oxygen atoms in total. The van der Waals surface area contributed by atoms with Gasteiger partial charge in [-0.15, -0.1) is 0 Å². The molecule has 3 aromatic rings. The molecule has 2 aromatic carbocycles. The SMILES string of the molecule is CCN(CC)CCOCC(Cc1ccco1)c1ccc2ccccc2c1.O=C(O)C=CC(=O)O. The van der Waals surface area contributed by atoms with Crippen LogP contribution in [-0.4, -0.2) is 59.9 Å². The van der Waals surface area contributed by atoms with Crippen LogP contribution in [0, 0.1) is 0 Å². The van der Waals surface area contributed by atoms with Crippen LogP contribution in [0.25, 0.3) is 10.8 Å². The van der Waals surface area contributed by atoms with Crippen molar-refractivity contribution in [1.82, 2.24) is 4.90 Å². The Labute approximate surface area is 200 Å². The summed E-state index contributed by atoms with van der Waals surface area (Å²) in [6, 6.07) is 19.2. The van der Waals surface area contributed by atoms with Gasteiger partial charge >= 0.3 is 11.9 Å². The molecule has 1 heterocycles. The Kier molecular flexibility index (Phi) is 11.6. The maximum absolute atomic E-state index is 9.55. The standard InChI is InChI=1S/C23H29NO2.C4H4O4/c1-3-24(4-2)13-15-25-18-22(17-23-10-7-14-26-23)21-12-11-19-8-5-6-9-20(19)16-21;5-3(6)1-2-4(7)8/h5-12,14,16,22H,3-4,13,15,17-18H2,1-2H3;1-2H,(H,5,6)(H,7,8). The molecule has 34 heavy (non-hydrogen) atoms. The maximum atomic E-state index is 9.55. The third-order valence-electron chi connectivity index (χ3n) is 5.41. The van der Waals surface area contributed by atoms with Crippen molar-refractivity contribution < 1.29 is 29.0 Å². The smallest absolute Gasteiger partial charge is 0.328 e. The average Bonchev–Trinajstić information content (AvgIpc) is 3.35. The summed E-state index contributed by atoms with van der Waals surface area (Å²) >= 11 is 0. The van der Waals surface area contributed by atoms with Crippen molar-refractivity contribution in [2.75, 3.05) is 32.8 Å². The Bertz CT molecular complexity index is 1020. The Hall–Kier alpha value is -3.42. The van der Waals surface area contributed by atoms with Gasteiger partial charge < -0.3 is 24.3 Å². The minimum Gasteiger partial charge on any atom is -0.478 e. The first kappa shape index (κ1) is 26.8. The summed E-state index contributed by atoms with van der Waals surface area (Å²) in [5.74, 6) is -1.21. The van der Waals surface area contributed by atoms with Crippen LogP contribution in [0.15, 0.2) is 77.4 Å². The molecular formula is C27H33NO6. The molecule has 0 bridgehead atoms. The van der Waals surface area contributed by atoms with E-state index >= 15 is 0 Å². The number of carbonyl (C=O) groups is 2. The van der Waals surface area contributed by atoms with Gasteiger partial charge in [0.1, 0.15) is 5.76 Å². The lowest BCUT2D eigenvalue weighted by molar-refractivity contribution is -0.134.